The second kappa shape index (κ2) is 9.19. The van der Waals surface area contributed by atoms with E-state index in [1.807, 2.05) is 41.8 Å². The molecule has 0 aliphatic heterocycles. The SMILES string of the molecule is O=C(CSc1nc(-c2cccs2)nc2ccccc12)Nc1ccccc1OC(F)F. The maximum Gasteiger partial charge on any atom is 0.387 e. The third kappa shape index (κ3) is 4.74. The van der Waals surface area contributed by atoms with Crippen LogP contribution in [0.4, 0.5) is 14.5 Å². The first-order valence-electron chi connectivity index (χ1n) is 8.87. The number of amides is 1. The lowest BCUT2D eigenvalue weighted by Gasteiger charge is -2.12. The fraction of sp³-hybridized carbons (Fsp3) is 0.0952. The van der Waals surface area contributed by atoms with Crippen molar-refractivity contribution in [2.75, 3.05) is 11.1 Å². The third-order valence-electron chi connectivity index (χ3n) is 4.03. The molecule has 2 aromatic heterocycles. The van der Waals surface area contributed by atoms with Crippen molar-refractivity contribution in [3.05, 3.63) is 66.0 Å². The molecule has 0 saturated carbocycles. The van der Waals surface area contributed by atoms with Crippen molar-refractivity contribution in [1.82, 2.24) is 9.97 Å². The van der Waals surface area contributed by atoms with Crippen molar-refractivity contribution in [2.24, 2.45) is 0 Å². The molecule has 5 nitrogen and oxygen atoms in total. The number of ether oxygens (including phenoxy) is 1. The third-order valence-corrected chi connectivity index (χ3v) is 5.88. The summed E-state index contributed by atoms with van der Waals surface area (Å²) in [6.45, 7) is -2.97. The van der Waals surface area contributed by atoms with Crippen LogP contribution >= 0.6 is 23.1 Å². The van der Waals surface area contributed by atoms with Gasteiger partial charge in [-0.2, -0.15) is 8.78 Å². The van der Waals surface area contributed by atoms with Gasteiger partial charge in [-0.1, -0.05) is 48.2 Å². The molecule has 0 aliphatic carbocycles. The largest absolute Gasteiger partial charge is 0.433 e. The average molecular weight is 444 g/mol. The molecule has 0 aliphatic rings. The van der Waals surface area contributed by atoms with Crippen molar-refractivity contribution >= 4 is 45.6 Å². The number of carbonyl (C=O) groups is 1. The number of hydrogen-bond donors (Lipinski definition) is 1. The Bertz CT molecular complexity index is 1170. The van der Waals surface area contributed by atoms with E-state index in [9.17, 15) is 13.6 Å². The van der Waals surface area contributed by atoms with Gasteiger partial charge in [0.05, 0.1) is 21.8 Å². The van der Waals surface area contributed by atoms with Crippen LogP contribution in [-0.2, 0) is 4.79 Å². The molecular weight excluding hydrogens is 428 g/mol. The zero-order valence-corrected chi connectivity index (χ0v) is 17.1. The molecule has 0 spiro atoms. The Hall–Kier alpha value is -3.04. The standard InChI is InChI=1S/C21H15F2N3O2S2/c22-21(23)28-16-9-4-3-8-15(16)24-18(27)12-30-20-13-6-1-2-7-14(13)25-19(26-20)17-10-5-11-29-17/h1-11,21H,12H2,(H,24,27). The van der Waals surface area contributed by atoms with Crippen LogP contribution < -0.4 is 10.1 Å². The first kappa shape index (κ1) is 20.2. The summed E-state index contributed by atoms with van der Waals surface area (Å²) in [5.74, 6) is 0.208. The second-order valence-corrected chi connectivity index (χ2v) is 7.97. The Morgan fingerprint density at radius 3 is 2.67 bits per heavy atom. The first-order chi connectivity index (χ1) is 14.6. The smallest absolute Gasteiger partial charge is 0.387 e. The quantitative estimate of drug-likeness (QED) is 0.294. The number of rotatable bonds is 7. The molecule has 0 fully saturated rings. The highest BCUT2D eigenvalue weighted by Gasteiger charge is 2.14. The highest BCUT2D eigenvalue weighted by Crippen LogP contribution is 2.31. The summed E-state index contributed by atoms with van der Waals surface area (Å²) in [4.78, 5) is 22.6. The number of nitrogens with zero attached hydrogens (tertiary/aromatic N) is 2. The maximum atomic E-state index is 12.6. The van der Waals surface area contributed by atoms with E-state index in [4.69, 9.17) is 0 Å². The Morgan fingerprint density at radius 1 is 1.07 bits per heavy atom. The van der Waals surface area contributed by atoms with Gasteiger partial charge in [0, 0.05) is 5.39 Å². The fourth-order valence-electron chi connectivity index (χ4n) is 2.76. The van der Waals surface area contributed by atoms with Gasteiger partial charge in [-0.3, -0.25) is 4.79 Å². The van der Waals surface area contributed by atoms with Gasteiger partial charge in [0.2, 0.25) is 5.91 Å². The van der Waals surface area contributed by atoms with E-state index in [1.54, 1.807) is 12.1 Å². The number of benzene rings is 2. The lowest BCUT2D eigenvalue weighted by molar-refractivity contribution is -0.113. The number of fused-ring (bicyclic) bond motifs is 1. The van der Waals surface area contributed by atoms with Crippen LogP contribution in [0.3, 0.4) is 0 Å². The summed E-state index contributed by atoms with van der Waals surface area (Å²) >= 11 is 2.80. The minimum absolute atomic E-state index is 0.0495. The molecule has 152 valence electrons. The molecule has 0 bridgehead atoms. The van der Waals surface area contributed by atoms with Crippen LogP contribution in [0.1, 0.15) is 0 Å². The predicted octanol–water partition coefficient (Wildman–Crippen LogP) is 5.69. The molecule has 0 radical (unpaired) electrons. The van der Waals surface area contributed by atoms with E-state index < -0.39 is 6.61 Å². The summed E-state index contributed by atoms with van der Waals surface area (Å²) in [7, 11) is 0. The number of nitrogens with one attached hydrogen (secondary N) is 1. The number of carbonyl (C=O) groups excluding carboxylic acids is 1. The summed E-state index contributed by atoms with van der Waals surface area (Å²) in [5.41, 5.74) is 0.977. The van der Waals surface area contributed by atoms with Gasteiger partial charge in [0.25, 0.3) is 0 Å². The molecule has 9 heteroatoms. The van der Waals surface area contributed by atoms with E-state index in [2.05, 4.69) is 20.0 Å². The first-order valence-corrected chi connectivity index (χ1v) is 10.7. The minimum atomic E-state index is -2.97. The summed E-state index contributed by atoms with van der Waals surface area (Å²) in [6.07, 6.45) is 0. The van der Waals surface area contributed by atoms with Crippen LogP contribution in [0.25, 0.3) is 21.6 Å². The van der Waals surface area contributed by atoms with Crippen LogP contribution in [0, 0.1) is 0 Å². The highest BCUT2D eigenvalue weighted by molar-refractivity contribution is 8.00. The molecule has 0 atom stereocenters. The van der Waals surface area contributed by atoms with Gasteiger partial charge in [0.1, 0.15) is 10.8 Å². The number of hydrogen-bond acceptors (Lipinski definition) is 6. The molecule has 0 saturated heterocycles. The van der Waals surface area contributed by atoms with Crippen molar-refractivity contribution < 1.29 is 18.3 Å². The molecule has 30 heavy (non-hydrogen) atoms. The number of halogens is 2. The predicted molar refractivity (Wildman–Crippen MR) is 115 cm³/mol. The van der Waals surface area contributed by atoms with Gasteiger partial charge in [-0.05, 0) is 29.6 Å². The number of thiophene rings is 1. The van der Waals surface area contributed by atoms with Crippen molar-refractivity contribution in [2.45, 2.75) is 11.6 Å². The van der Waals surface area contributed by atoms with E-state index in [1.165, 1.54) is 35.2 Å². The second-order valence-electron chi connectivity index (χ2n) is 6.06. The highest BCUT2D eigenvalue weighted by atomic mass is 32.2. The lowest BCUT2D eigenvalue weighted by atomic mass is 10.2. The van der Waals surface area contributed by atoms with Crippen LogP contribution in [-0.4, -0.2) is 28.2 Å². The molecule has 2 heterocycles. The van der Waals surface area contributed by atoms with Crippen molar-refractivity contribution in [1.29, 1.82) is 0 Å². The van der Waals surface area contributed by atoms with E-state index in [0.29, 0.717) is 10.9 Å². The van der Waals surface area contributed by atoms with E-state index in [0.717, 1.165) is 15.8 Å². The maximum absolute atomic E-state index is 12.6. The van der Waals surface area contributed by atoms with Gasteiger partial charge in [-0.15, -0.1) is 11.3 Å². The van der Waals surface area contributed by atoms with E-state index in [-0.39, 0.29) is 23.1 Å². The van der Waals surface area contributed by atoms with Gasteiger partial charge in [0.15, 0.2) is 5.82 Å². The topological polar surface area (TPSA) is 64.1 Å². The normalized spacial score (nSPS) is 11.0. The molecule has 2 aromatic carbocycles. The number of alkyl halides is 2. The summed E-state index contributed by atoms with van der Waals surface area (Å²) in [5, 5.41) is 6.09. The van der Waals surface area contributed by atoms with Crippen molar-refractivity contribution in [3.63, 3.8) is 0 Å². The fourth-order valence-corrected chi connectivity index (χ4v) is 4.24. The molecule has 1 N–H and O–H groups in total. The molecule has 0 unspecified atom stereocenters. The van der Waals surface area contributed by atoms with Crippen LogP contribution in [0.5, 0.6) is 5.75 Å². The lowest BCUT2D eigenvalue weighted by Crippen LogP contribution is -2.15. The number of aromatic nitrogens is 2. The zero-order chi connectivity index (χ0) is 20.9. The monoisotopic (exact) mass is 443 g/mol. The molecule has 1 amide bonds. The van der Waals surface area contributed by atoms with E-state index >= 15 is 0 Å². The molecular formula is C21H15F2N3O2S2. The van der Waals surface area contributed by atoms with Gasteiger partial charge in [-0.25, -0.2) is 9.97 Å². The Labute approximate surface area is 179 Å². The molecule has 4 aromatic rings. The summed E-state index contributed by atoms with van der Waals surface area (Å²) in [6, 6.07) is 17.5. The average Bonchev–Trinajstić information content (AvgIpc) is 3.28. The number of anilines is 1. The van der Waals surface area contributed by atoms with Gasteiger partial charge >= 0.3 is 6.61 Å². The van der Waals surface area contributed by atoms with Crippen LogP contribution in [0.2, 0.25) is 0 Å². The Kier molecular flexibility index (Phi) is 6.20. The summed E-state index contributed by atoms with van der Waals surface area (Å²) < 4.78 is 29.6. The van der Waals surface area contributed by atoms with Crippen molar-refractivity contribution in [3.8, 4) is 16.5 Å². The number of thioether (sulfide) groups is 1. The Balaban J connectivity index is 1.53. The molecule has 4 rings (SSSR count). The zero-order valence-electron chi connectivity index (χ0n) is 15.4. The number of para-hydroxylation sites is 3. The minimum Gasteiger partial charge on any atom is -0.433 e. The van der Waals surface area contributed by atoms with Crippen LogP contribution in [0.15, 0.2) is 71.1 Å². The van der Waals surface area contributed by atoms with Gasteiger partial charge < -0.3 is 10.1 Å². The Morgan fingerprint density at radius 2 is 1.87 bits per heavy atom.